The van der Waals surface area contributed by atoms with Crippen molar-refractivity contribution in [3.8, 4) is 16.9 Å². The molecule has 4 aromatic rings. The van der Waals surface area contributed by atoms with E-state index in [0.717, 1.165) is 64.5 Å². The second-order valence-electron chi connectivity index (χ2n) is 12.0. The third kappa shape index (κ3) is 9.96. The van der Waals surface area contributed by atoms with Crippen molar-refractivity contribution in [2.45, 2.75) is 50.1 Å². The summed E-state index contributed by atoms with van der Waals surface area (Å²) in [5.41, 5.74) is 15.1. The molecule has 3 heterocycles. The number of aryl methyl sites for hydroxylation is 1. The largest absolute Gasteiger partial charge is 0.492 e. The lowest BCUT2D eigenvalue weighted by Gasteiger charge is -2.17. The number of carboxylic acids is 1. The van der Waals surface area contributed by atoms with Gasteiger partial charge in [0.05, 0.1) is 12.3 Å². The van der Waals surface area contributed by atoms with Crippen LogP contribution in [-0.2, 0) is 27.8 Å². The van der Waals surface area contributed by atoms with Crippen molar-refractivity contribution < 1.29 is 27.9 Å². The van der Waals surface area contributed by atoms with Crippen LogP contribution >= 0.6 is 11.3 Å². The molecule has 0 unspecified atom stereocenters. The first-order chi connectivity index (χ1) is 24.5. The first-order valence-electron chi connectivity index (χ1n) is 16.5. The summed E-state index contributed by atoms with van der Waals surface area (Å²) >= 11 is 0.986. The fourth-order valence-electron chi connectivity index (χ4n) is 5.56. The Balaban J connectivity index is 1.28. The molecule has 5 rings (SSSR count). The molecule has 0 aliphatic carbocycles. The highest BCUT2D eigenvalue weighted by Gasteiger charge is 2.30. The SMILES string of the molecule is Cc1ccc(NCCCNCc2ccccc2-c2cc3c(c(S(=O)(=O)Nc4ccsc4C(=O)N[C@@H](CCCN=C(N)N)C(=O)O)c2)OCC3)nc1. The molecule has 1 aliphatic rings. The van der Waals surface area contributed by atoms with Crippen LogP contribution in [-0.4, -0.2) is 68.6 Å². The number of anilines is 2. The van der Waals surface area contributed by atoms with Crippen molar-refractivity contribution in [3.63, 3.8) is 0 Å². The number of amides is 1. The second kappa shape index (κ2) is 17.2. The Hall–Kier alpha value is -5.19. The molecule has 0 spiro atoms. The average molecular weight is 735 g/mol. The maximum atomic E-state index is 14.0. The van der Waals surface area contributed by atoms with E-state index in [-0.39, 0.29) is 40.1 Å². The number of carbonyl (C=O) groups is 2. The molecular formula is C35H42N8O6S2. The summed E-state index contributed by atoms with van der Waals surface area (Å²) in [7, 11) is -4.26. The van der Waals surface area contributed by atoms with Crippen molar-refractivity contribution >= 4 is 50.7 Å². The maximum Gasteiger partial charge on any atom is 0.326 e. The number of aliphatic carboxylic acids is 1. The van der Waals surface area contributed by atoms with Gasteiger partial charge in [0.1, 0.15) is 27.4 Å². The van der Waals surface area contributed by atoms with Crippen LogP contribution in [0.5, 0.6) is 5.75 Å². The van der Waals surface area contributed by atoms with Gasteiger partial charge in [-0.15, -0.1) is 11.3 Å². The fraction of sp³-hybridized carbons (Fsp3) is 0.314. The normalized spacial score (nSPS) is 12.7. The Morgan fingerprint density at radius 2 is 1.92 bits per heavy atom. The van der Waals surface area contributed by atoms with E-state index in [9.17, 15) is 23.1 Å². The predicted octanol–water partition coefficient (Wildman–Crippen LogP) is 3.68. The fourth-order valence-corrected chi connectivity index (χ4v) is 7.66. The van der Waals surface area contributed by atoms with Crippen molar-refractivity contribution in [3.05, 3.63) is 87.7 Å². The van der Waals surface area contributed by atoms with Crippen molar-refractivity contribution in [1.29, 1.82) is 0 Å². The second-order valence-corrected chi connectivity index (χ2v) is 14.5. The number of hydrogen-bond donors (Lipinski definition) is 7. The molecule has 14 nitrogen and oxygen atoms in total. The standard InChI is InChI=1S/C35H42N8O6S2/c1-22-9-10-30(41-20-22)39-15-5-13-38-21-24-6-2-3-7-26(24)25-18-23-11-16-49-31(23)29(19-25)51(47,48)43-27-12-17-50-32(27)33(44)42-28(34(45)46)8-4-14-40-35(36)37/h2-3,6-7,9-10,12,17-20,28,38,43H,4-5,8,11,13-16,21H2,1H3,(H,39,41)(H,42,44)(H,45,46)(H4,36,37,40)/t28-/m0/s1. The summed E-state index contributed by atoms with van der Waals surface area (Å²) in [6.07, 6.45) is 3.63. The number of fused-ring (bicyclic) bond motifs is 1. The van der Waals surface area contributed by atoms with Crippen LogP contribution in [0, 0.1) is 6.92 Å². The highest BCUT2D eigenvalue weighted by molar-refractivity contribution is 7.92. The van der Waals surface area contributed by atoms with E-state index < -0.39 is 27.9 Å². The van der Waals surface area contributed by atoms with Gasteiger partial charge in [0.25, 0.3) is 15.9 Å². The molecule has 51 heavy (non-hydrogen) atoms. The van der Waals surface area contributed by atoms with Crippen LogP contribution in [0.25, 0.3) is 11.1 Å². The van der Waals surface area contributed by atoms with Gasteiger partial charge in [-0.1, -0.05) is 30.3 Å². The zero-order chi connectivity index (χ0) is 36.4. The summed E-state index contributed by atoms with van der Waals surface area (Å²) < 4.78 is 36.3. The maximum absolute atomic E-state index is 14.0. The predicted molar refractivity (Wildman–Crippen MR) is 199 cm³/mol. The number of carbonyl (C=O) groups excluding carboxylic acids is 1. The Kier molecular flexibility index (Phi) is 12.5. The minimum Gasteiger partial charge on any atom is -0.492 e. The first-order valence-corrected chi connectivity index (χ1v) is 18.8. The Morgan fingerprint density at radius 1 is 1.10 bits per heavy atom. The van der Waals surface area contributed by atoms with Gasteiger partial charge in [0.15, 0.2) is 5.96 Å². The van der Waals surface area contributed by atoms with Gasteiger partial charge in [-0.2, -0.15) is 0 Å². The summed E-state index contributed by atoms with van der Waals surface area (Å²) in [5.74, 6) is -0.971. The lowest BCUT2D eigenvalue weighted by atomic mass is 9.97. The molecule has 2 aromatic carbocycles. The van der Waals surface area contributed by atoms with Gasteiger partial charge < -0.3 is 37.3 Å². The average Bonchev–Trinajstić information content (AvgIpc) is 3.77. The van der Waals surface area contributed by atoms with E-state index in [1.165, 1.54) is 6.07 Å². The lowest BCUT2D eigenvalue weighted by Crippen LogP contribution is -2.40. The number of ether oxygens (including phenoxy) is 1. The summed E-state index contributed by atoms with van der Waals surface area (Å²) in [6.45, 7) is 4.63. The van der Waals surface area contributed by atoms with Gasteiger partial charge in [-0.05, 0) is 90.2 Å². The monoisotopic (exact) mass is 734 g/mol. The van der Waals surface area contributed by atoms with E-state index in [0.29, 0.717) is 26.0 Å². The van der Waals surface area contributed by atoms with E-state index in [1.807, 2.05) is 55.6 Å². The Labute approximate surface area is 300 Å². The molecule has 1 atom stereocenters. The minimum absolute atomic E-state index is 0.0181. The smallest absolute Gasteiger partial charge is 0.326 e. The molecule has 270 valence electrons. The molecule has 16 heteroatoms. The van der Waals surface area contributed by atoms with Gasteiger partial charge in [0.2, 0.25) is 0 Å². The van der Waals surface area contributed by atoms with E-state index in [2.05, 4.69) is 30.6 Å². The molecule has 0 saturated carbocycles. The number of carboxylic acid groups (broad SMARTS) is 1. The van der Waals surface area contributed by atoms with E-state index in [1.54, 1.807) is 11.4 Å². The first kappa shape index (κ1) is 37.1. The lowest BCUT2D eigenvalue weighted by molar-refractivity contribution is -0.139. The van der Waals surface area contributed by atoms with Crippen LogP contribution in [0.3, 0.4) is 0 Å². The molecule has 0 saturated heterocycles. The van der Waals surface area contributed by atoms with Crippen molar-refractivity contribution in [1.82, 2.24) is 15.6 Å². The molecule has 0 bridgehead atoms. The van der Waals surface area contributed by atoms with Crippen LogP contribution in [0.1, 0.15) is 45.6 Å². The molecule has 2 aromatic heterocycles. The van der Waals surface area contributed by atoms with Crippen LogP contribution in [0.15, 0.2) is 76.1 Å². The van der Waals surface area contributed by atoms with Crippen molar-refractivity contribution in [2.24, 2.45) is 16.5 Å². The summed E-state index contributed by atoms with van der Waals surface area (Å²) in [6, 6.07) is 15.6. The number of aromatic nitrogens is 1. The third-order valence-electron chi connectivity index (χ3n) is 8.10. The highest BCUT2D eigenvalue weighted by atomic mass is 32.2. The van der Waals surface area contributed by atoms with Crippen LogP contribution in [0.4, 0.5) is 11.5 Å². The number of pyridine rings is 1. The zero-order valence-corrected chi connectivity index (χ0v) is 29.8. The van der Waals surface area contributed by atoms with Crippen LogP contribution in [0.2, 0.25) is 0 Å². The number of guanidine groups is 1. The van der Waals surface area contributed by atoms with Gasteiger partial charge in [-0.3, -0.25) is 14.5 Å². The number of nitrogens with zero attached hydrogens (tertiary/aromatic N) is 2. The summed E-state index contributed by atoms with van der Waals surface area (Å²) in [5, 5.41) is 20.5. The van der Waals surface area contributed by atoms with E-state index in [4.69, 9.17) is 16.2 Å². The Bertz CT molecular complexity index is 1980. The molecule has 1 amide bonds. The Morgan fingerprint density at radius 3 is 2.69 bits per heavy atom. The number of sulfonamides is 1. The number of hydrogen-bond acceptors (Lipinski definition) is 10. The summed E-state index contributed by atoms with van der Waals surface area (Å²) in [4.78, 5) is 33.2. The number of aliphatic imine (C=N–C) groups is 1. The molecular weight excluding hydrogens is 693 g/mol. The van der Waals surface area contributed by atoms with Gasteiger partial charge in [-0.25, -0.2) is 18.2 Å². The number of rotatable bonds is 18. The van der Waals surface area contributed by atoms with E-state index >= 15 is 0 Å². The zero-order valence-electron chi connectivity index (χ0n) is 28.1. The number of thiophene rings is 1. The van der Waals surface area contributed by atoms with Crippen LogP contribution < -0.4 is 36.9 Å². The minimum atomic E-state index is -4.26. The van der Waals surface area contributed by atoms with Gasteiger partial charge >= 0.3 is 5.97 Å². The molecule has 1 aliphatic heterocycles. The topological polar surface area (TPSA) is 223 Å². The quantitative estimate of drug-likeness (QED) is 0.0444. The van der Waals surface area contributed by atoms with Crippen molar-refractivity contribution in [2.75, 3.05) is 36.3 Å². The molecule has 0 radical (unpaired) electrons. The highest BCUT2D eigenvalue weighted by Crippen LogP contribution is 2.39. The number of nitrogens with one attached hydrogen (secondary N) is 4. The van der Waals surface area contributed by atoms with Gasteiger partial charge in [0, 0.05) is 32.3 Å². The molecule has 0 fully saturated rings. The third-order valence-corrected chi connectivity index (χ3v) is 10.4. The number of benzene rings is 2. The molecule has 9 N–H and O–H groups in total. The number of nitrogens with two attached hydrogens (primary N) is 2.